The fourth-order valence-corrected chi connectivity index (χ4v) is 1.11. The lowest BCUT2D eigenvalue weighted by atomic mass is 10.1. The molecule has 0 aliphatic carbocycles. The standard InChI is InChI=1S/C10H18N4O/c1-7-12-8(5-9(13-7)15-4)14-10(2,3)6-11/h5H,6,11H2,1-4H3,(H,12,13,14). The van der Waals surface area contributed by atoms with Gasteiger partial charge in [0.1, 0.15) is 11.6 Å². The zero-order valence-corrected chi connectivity index (χ0v) is 9.66. The minimum atomic E-state index is -0.189. The molecule has 0 unspecified atom stereocenters. The topological polar surface area (TPSA) is 73.1 Å². The van der Waals surface area contributed by atoms with Gasteiger partial charge in [-0.1, -0.05) is 0 Å². The van der Waals surface area contributed by atoms with Gasteiger partial charge in [-0.3, -0.25) is 0 Å². The van der Waals surface area contributed by atoms with Crippen LogP contribution in [0.4, 0.5) is 5.82 Å². The smallest absolute Gasteiger partial charge is 0.218 e. The van der Waals surface area contributed by atoms with Crippen molar-refractivity contribution in [3.05, 3.63) is 11.9 Å². The van der Waals surface area contributed by atoms with Gasteiger partial charge in [0.05, 0.1) is 7.11 Å². The van der Waals surface area contributed by atoms with E-state index >= 15 is 0 Å². The van der Waals surface area contributed by atoms with Gasteiger partial charge in [-0.2, -0.15) is 4.98 Å². The van der Waals surface area contributed by atoms with Crippen molar-refractivity contribution in [3.8, 4) is 5.88 Å². The lowest BCUT2D eigenvalue weighted by molar-refractivity contribution is 0.395. The molecular formula is C10H18N4O. The molecule has 1 aromatic rings. The highest BCUT2D eigenvalue weighted by Gasteiger charge is 2.16. The van der Waals surface area contributed by atoms with Gasteiger partial charge < -0.3 is 15.8 Å². The number of anilines is 1. The van der Waals surface area contributed by atoms with Crippen LogP contribution in [-0.2, 0) is 0 Å². The summed E-state index contributed by atoms with van der Waals surface area (Å²) in [5.74, 6) is 1.96. The normalized spacial score (nSPS) is 11.3. The number of hydrogen-bond acceptors (Lipinski definition) is 5. The van der Waals surface area contributed by atoms with Crippen molar-refractivity contribution >= 4 is 5.82 Å². The largest absolute Gasteiger partial charge is 0.481 e. The predicted octanol–water partition coefficient (Wildman–Crippen LogP) is 0.943. The minimum absolute atomic E-state index is 0.189. The first kappa shape index (κ1) is 11.7. The third-order valence-corrected chi connectivity index (χ3v) is 2.00. The Labute approximate surface area is 90.1 Å². The first-order valence-electron chi connectivity index (χ1n) is 4.85. The van der Waals surface area contributed by atoms with E-state index in [2.05, 4.69) is 15.3 Å². The van der Waals surface area contributed by atoms with Gasteiger partial charge in [-0.25, -0.2) is 4.98 Å². The molecule has 84 valence electrons. The summed E-state index contributed by atoms with van der Waals surface area (Å²) in [4.78, 5) is 8.36. The SMILES string of the molecule is COc1cc(NC(C)(C)CN)nc(C)n1. The number of ether oxygens (including phenoxy) is 1. The van der Waals surface area contributed by atoms with Crippen LogP contribution in [0.15, 0.2) is 6.07 Å². The molecule has 0 saturated carbocycles. The molecule has 0 radical (unpaired) electrons. The lowest BCUT2D eigenvalue weighted by Gasteiger charge is -2.25. The maximum atomic E-state index is 5.63. The summed E-state index contributed by atoms with van der Waals surface area (Å²) in [6.45, 7) is 6.37. The Morgan fingerprint density at radius 3 is 2.67 bits per heavy atom. The van der Waals surface area contributed by atoms with Gasteiger partial charge in [-0.05, 0) is 20.8 Å². The summed E-state index contributed by atoms with van der Waals surface area (Å²) in [6.07, 6.45) is 0. The fraction of sp³-hybridized carbons (Fsp3) is 0.600. The van der Waals surface area contributed by atoms with E-state index in [0.717, 1.165) is 5.82 Å². The van der Waals surface area contributed by atoms with Gasteiger partial charge in [0.15, 0.2) is 0 Å². The first-order chi connectivity index (χ1) is 6.96. The summed E-state index contributed by atoms with van der Waals surface area (Å²) in [6, 6.07) is 1.75. The Balaban J connectivity index is 2.90. The van der Waals surface area contributed by atoms with Gasteiger partial charge in [0.25, 0.3) is 0 Å². The van der Waals surface area contributed by atoms with Gasteiger partial charge in [0, 0.05) is 18.2 Å². The zero-order valence-electron chi connectivity index (χ0n) is 9.66. The Kier molecular flexibility index (Phi) is 3.47. The Hall–Kier alpha value is -1.36. The van der Waals surface area contributed by atoms with Crippen LogP contribution in [-0.4, -0.2) is 29.2 Å². The predicted molar refractivity (Wildman–Crippen MR) is 60.1 cm³/mol. The molecule has 0 spiro atoms. The number of nitrogens with zero attached hydrogens (tertiary/aromatic N) is 2. The number of rotatable bonds is 4. The quantitative estimate of drug-likeness (QED) is 0.773. The number of aromatic nitrogens is 2. The second-order valence-corrected chi connectivity index (χ2v) is 4.06. The van der Waals surface area contributed by atoms with Crippen molar-refractivity contribution in [1.29, 1.82) is 0 Å². The molecule has 0 saturated heterocycles. The summed E-state index contributed by atoms with van der Waals surface area (Å²) < 4.78 is 5.06. The molecule has 0 aliphatic heterocycles. The van der Waals surface area contributed by atoms with E-state index in [-0.39, 0.29) is 5.54 Å². The van der Waals surface area contributed by atoms with Gasteiger partial charge in [0.2, 0.25) is 5.88 Å². The van der Waals surface area contributed by atoms with Crippen molar-refractivity contribution in [3.63, 3.8) is 0 Å². The van der Waals surface area contributed by atoms with Gasteiger partial charge in [-0.15, -0.1) is 0 Å². The molecule has 5 nitrogen and oxygen atoms in total. The number of nitrogens with one attached hydrogen (secondary N) is 1. The second kappa shape index (κ2) is 4.44. The van der Waals surface area contributed by atoms with E-state index in [9.17, 15) is 0 Å². The second-order valence-electron chi connectivity index (χ2n) is 4.06. The molecule has 0 atom stereocenters. The van der Waals surface area contributed by atoms with Crippen LogP contribution in [0.1, 0.15) is 19.7 Å². The highest BCUT2D eigenvalue weighted by atomic mass is 16.5. The molecule has 1 rings (SSSR count). The maximum absolute atomic E-state index is 5.63. The van der Waals surface area contributed by atoms with E-state index in [0.29, 0.717) is 18.2 Å². The molecule has 15 heavy (non-hydrogen) atoms. The zero-order chi connectivity index (χ0) is 11.5. The van der Waals surface area contributed by atoms with Crippen LogP contribution in [0, 0.1) is 6.92 Å². The number of aryl methyl sites for hydroxylation is 1. The van der Waals surface area contributed by atoms with Crippen LogP contribution in [0.5, 0.6) is 5.88 Å². The first-order valence-corrected chi connectivity index (χ1v) is 4.85. The summed E-state index contributed by atoms with van der Waals surface area (Å²) in [5, 5.41) is 3.23. The van der Waals surface area contributed by atoms with Crippen molar-refractivity contribution in [2.24, 2.45) is 5.73 Å². The summed E-state index contributed by atoms with van der Waals surface area (Å²) in [7, 11) is 1.58. The third-order valence-electron chi connectivity index (χ3n) is 2.00. The van der Waals surface area contributed by atoms with Gasteiger partial charge >= 0.3 is 0 Å². The molecule has 0 bridgehead atoms. The fourth-order valence-electron chi connectivity index (χ4n) is 1.11. The maximum Gasteiger partial charge on any atom is 0.218 e. The molecule has 0 fully saturated rings. The number of nitrogens with two attached hydrogens (primary N) is 1. The summed E-state index contributed by atoms with van der Waals surface area (Å²) >= 11 is 0. The van der Waals surface area contributed by atoms with Crippen molar-refractivity contribution in [2.45, 2.75) is 26.3 Å². The van der Waals surface area contributed by atoms with Crippen LogP contribution in [0.2, 0.25) is 0 Å². The van der Waals surface area contributed by atoms with Crippen LogP contribution in [0.3, 0.4) is 0 Å². The van der Waals surface area contributed by atoms with Crippen LogP contribution < -0.4 is 15.8 Å². The number of hydrogen-bond donors (Lipinski definition) is 2. The van der Waals surface area contributed by atoms with Crippen molar-refractivity contribution in [1.82, 2.24) is 9.97 Å². The van der Waals surface area contributed by atoms with Crippen molar-refractivity contribution in [2.75, 3.05) is 19.0 Å². The average Bonchev–Trinajstić information content (AvgIpc) is 2.16. The van der Waals surface area contributed by atoms with E-state index in [1.807, 2.05) is 20.8 Å². The minimum Gasteiger partial charge on any atom is -0.481 e. The Morgan fingerprint density at radius 1 is 1.47 bits per heavy atom. The molecule has 3 N–H and O–H groups in total. The van der Waals surface area contributed by atoms with Crippen LogP contribution >= 0.6 is 0 Å². The average molecular weight is 210 g/mol. The molecular weight excluding hydrogens is 192 g/mol. The molecule has 0 amide bonds. The summed E-state index contributed by atoms with van der Waals surface area (Å²) in [5.41, 5.74) is 5.44. The molecule has 5 heteroatoms. The number of methoxy groups -OCH3 is 1. The van der Waals surface area contributed by atoms with E-state index in [4.69, 9.17) is 10.5 Å². The highest BCUT2D eigenvalue weighted by Crippen LogP contribution is 2.16. The van der Waals surface area contributed by atoms with Crippen LogP contribution in [0.25, 0.3) is 0 Å². The monoisotopic (exact) mass is 210 g/mol. The molecule has 0 aliphatic rings. The molecule has 0 aromatic carbocycles. The van der Waals surface area contributed by atoms with E-state index in [1.54, 1.807) is 13.2 Å². The third kappa shape index (κ3) is 3.36. The highest BCUT2D eigenvalue weighted by molar-refractivity contribution is 5.40. The Bertz CT molecular complexity index is 338. The molecule has 1 heterocycles. The van der Waals surface area contributed by atoms with E-state index in [1.165, 1.54) is 0 Å². The molecule has 1 aromatic heterocycles. The van der Waals surface area contributed by atoms with E-state index < -0.39 is 0 Å². The lowest BCUT2D eigenvalue weighted by Crippen LogP contribution is -2.39. The van der Waals surface area contributed by atoms with Crippen molar-refractivity contribution < 1.29 is 4.74 Å². The Morgan fingerprint density at radius 2 is 2.13 bits per heavy atom.